The van der Waals surface area contributed by atoms with Gasteiger partial charge in [0.15, 0.2) is 18.9 Å². The van der Waals surface area contributed by atoms with Gasteiger partial charge in [0.2, 0.25) is 0 Å². The Labute approximate surface area is 190 Å². The summed E-state index contributed by atoms with van der Waals surface area (Å²) >= 11 is 0. The summed E-state index contributed by atoms with van der Waals surface area (Å²) in [6.07, 6.45) is 6.62. The maximum atomic E-state index is 11.7. The number of carbonyl (C=O) groups is 3. The van der Waals surface area contributed by atoms with E-state index in [1.165, 1.54) is 21.3 Å². The third-order valence-electron chi connectivity index (χ3n) is 5.82. The topological polar surface area (TPSA) is 78.9 Å². The lowest BCUT2D eigenvalue weighted by Crippen LogP contribution is -2.28. The van der Waals surface area contributed by atoms with E-state index in [0.29, 0.717) is 45.6 Å². The third kappa shape index (κ3) is 3.91. The molecule has 6 heteroatoms. The molecule has 0 radical (unpaired) electrons. The fraction of sp³-hybridized carbons (Fsp3) is 0.148. The van der Waals surface area contributed by atoms with Crippen LogP contribution in [0, 0.1) is 0 Å². The van der Waals surface area contributed by atoms with Crippen molar-refractivity contribution >= 4 is 31.0 Å². The summed E-state index contributed by atoms with van der Waals surface area (Å²) in [4.78, 5) is 35.0. The largest absolute Gasteiger partial charge is 0.496 e. The van der Waals surface area contributed by atoms with Crippen molar-refractivity contribution in [2.24, 2.45) is 0 Å². The number of hydrogen-bond donors (Lipinski definition) is 0. The van der Waals surface area contributed by atoms with Crippen LogP contribution in [0.4, 0.5) is 0 Å². The monoisotopic (exact) mass is 442 g/mol. The molecule has 3 aromatic carbocycles. The van der Waals surface area contributed by atoms with Gasteiger partial charge in [-0.1, -0.05) is 6.07 Å². The summed E-state index contributed by atoms with van der Waals surface area (Å²) < 4.78 is 16.5. The van der Waals surface area contributed by atoms with Crippen molar-refractivity contribution in [3.05, 3.63) is 85.8 Å². The average molecular weight is 442 g/mol. The van der Waals surface area contributed by atoms with Crippen LogP contribution in [0.5, 0.6) is 17.2 Å². The molecule has 0 heterocycles. The second-order valence-electron chi connectivity index (χ2n) is 7.60. The van der Waals surface area contributed by atoms with E-state index in [-0.39, 0.29) is 0 Å². The molecule has 0 N–H and O–H groups in total. The van der Waals surface area contributed by atoms with E-state index in [9.17, 15) is 14.4 Å². The van der Waals surface area contributed by atoms with Gasteiger partial charge in [0.1, 0.15) is 17.2 Å². The number of hydrogen-bond acceptors (Lipinski definition) is 6. The molecule has 1 aliphatic rings. The Hall–Kier alpha value is -4.19. The minimum absolute atomic E-state index is 0.409. The number of methoxy groups -OCH3 is 3. The van der Waals surface area contributed by atoms with Gasteiger partial charge in [-0.2, -0.15) is 0 Å². The first-order valence-electron chi connectivity index (χ1n) is 10.2. The Morgan fingerprint density at radius 3 is 1.91 bits per heavy atom. The summed E-state index contributed by atoms with van der Waals surface area (Å²) in [5, 5.41) is 1.52. The Kier molecular flexibility index (Phi) is 6.09. The predicted octanol–water partition coefficient (Wildman–Crippen LogP) is 2.71. The first-order chi connectivity index (χ1) is 16.1. The standard InChI is InChI=1S/C27H22O6/c1-31-25-11-20-6-16-4-5-17(13-28)27(33-3)24(16)10-19-9-23(15-30)26(32-2)12-21(19)7-18(20)8-22(25)14-29/h4-6,8-15H,7H2,1-3H3/b16-6-,24-10+. The van der Waals surface area contributed by atoms with Gasteiger partial charge in [-0.25, -0.2) is 0 Å². The molecule has 0 aromatic heterocycles. The molecule has 0 atom stereocenters. The maximum absolute atomic E-state index is 11.7. The van der Waals surface area contributed by atoms with Gasteiger partial charge in [0.25, 0.3) is 0 Å². The SMILES string of the molecule is COc1cc2c(cc1C=O)Cc1cc(OC)c(C=O)cc1/C=c1/c(OC)c(C=O)cc/c1=C/2. The average Bonchev–Trinajstić information content (AvgIpc) is 2.91. The highest BCUT2D eigenvalue weighted by atomic mass is 16.5. The second kappa shape index (κ2) is 9.12. The van der Waals surface area contributed by atoms with E-state index in [0.717, 1.165) is 46.3 Å². The Bertz CT molecular complexity index is 1400. The molecule has 6 nitrogen and oxygen atoms in total. The molecule has 0 bridgehead atoms. The number of carbonyl (C=O) groups excluding carboxylic acids is 3. The van der Waals surface area contributed by atoms with Gasteiger partial charge >= 0.3 is 0 Å². The number of aldehydes is 3. The van der Waals surface area contributed by atoms with Gasteiger partial charge < -0.3 is 14.2 Å². The molecule has 166 valence electrons. The van der Waals surface area contributed by atoms with E-state index in [1.807, 2.05) is 36.4 Å². The van der Waals surface area contributed by atoms with Crippen molar-refractivity contribution in [3.63, 3.8) is 0 Å². The highest BCUT2D eigenvalue weighted by Gasteiger charge is 2.16. The van der Waals surface area contributed by atoms with Crippen LogP contribution in [0.3, 0.4) is 0 Å². The van der Waals surface area contributed by atoms with Crippen LogP contribution in [-0.4, -0.2) is 40.2 Å². The van der Waals surface area contributed by atoms with E-state index < -0.39 is 0 Å². The molecule has 0 saturated carbocycles. The van der Waals surface area contributed by atoms with E-state index in [4.69, 9.17) is 14.2 Å². The van der Waals surface area contributed by atoms with Gasteiger partial charge in [0.05, 0.1) is 38.0 Å². The summed E-state index contributed by atoms with van der Waals surface area (Å²) in [5.74, 6) is 1.36. The van der Waals surface area contributed by atoms with Crippen LogP contribution in [0.15, 0.2) is 36.4 Å². The van der Waals surface area contributed by atoms with Crippen molar-refractivity contribution in [2.75, 3.05) is 21.3 Å². The maximum Gasteiger partial charge on any atom is 0.153 e. The Balaban J connectivity index is 2.19. The third-order valence-corrected chi connectivity index (χ3v) is 5.82. The van der Waals surface area contributed by atoms with Gasteiger partial charge in [-0.05, 0) is 76.4 Å². The molecule has 0 aliphatic heterocycles. The van der Waals surface area contributed by atoms with Crippen LogP contribution in [-0.2, 0) is 6.42 Å². The molecule has 4 rings (SSSR count). The molecule has 33 heavy (non-hydrogen) atoms. The smallest absolute Gasteiger partial charge is 0.153 e. The van der Waals surface area contributed by atoms with Crippen LogP contribution >= 0.6 is 0 Å². The first kappa shape index (κ1) is 22.0. The molecular formula is C27H22O6. The van der Waals surface area contributed by atoms with Crippen LogP contribution in [0.1, 0.15) is 53.3 Å². The number of rotatable bonds is 6. The minimum Gasteiger partial charge on any atom is -0.496 e. The fourth-order valence-corrected chi connectivity index (χ4v) is 4.18. The zero-order valence-electron chi connectivity index (χ0n) is 18.5. The molecule has 0 fully saturated rings. The molecule has 0 unspecified atom stereocenters. The number of ether oxygens (including phenoxy) is 3. The lowest BCUT2D eigenvalue weighted by Gasteiger charge is -2.14. The molecule has 3 aromatic rings. The zero-order chi connectivity index (χ0) is 23.5. The fourth-order valence-electron chi connectivity index (χ4n) is 4.18. The Morgan fingerprint density at radius 1 is 0.667 bits per heavy atom. The van der Waals surface area contributed by atoms with Crippen LogP contribution in [0.25, 0.3) is 12.2 Å². The highest BCUT2D eigenvalue weighted by molar-refractivity contribution is 5.84. The van der Waals surface area contributed by atoms with E-state index in [2.05, 4.69) is 0 Å². The first-order valence-corrected chi connectivity index (χ1v) is 10.2. The molecular weight excluding hydrogens is 420 g/mol. The molecule has 0 saturated heterocycles. The van der Waals surface area contributed by atoms with Gasteiger partial charge in [-0.3, -0.25) is 14.4 Å². The predicted molar refractivity (Wildman–Crippen MR) is 124 cm³/mol. The van der Waals surface area contributed by atoms with Crippen molar-refractivity contribution in [1.82, 2.24) is 0 Å². The lowest BCUT2D eigenvalue weighted by atomic mass is 9.93. The quantitative estimate of drug-likeness (QED) is 0.427. The summed E-state index contributed by atoms with van der Waals surface area (Å²) in [5.41, 5.74) is 4.70. The molecule has 0 amide bonds. The summed E-state index contributed by atoms with van der Waals surface area (Å²) in [6.45, 7) is 0. The number of benzene rings is 3. The van der Waals surface area contributed by atoms with Crippen LogP contribution in [0.2, 0.25) is 0 Å². The van der Waals surface area contributed by atoms with Crippen molar-refractivity contribution in [2.45, 2.75) is 6.42 Å². The highest BCUT2D eigenvalue weighted by Crippen LogP contribution is 2.30. The number of fused-ring (bicyclic) bond motifs is 3. The molecule has 1 aliphatic carbocycles. The van der Waals surface area contributed by atoms with Gasteiger partial charge in [0, 0.05) is 5.22 Å². The van der Waals surface area contributed by atoms with Gasteiger partial charge in [-0.15, -0.1) is 0 Å². The van der Waals surface area contributed by atoms with E-state index >= 15 is 0 Å². The normalized spacial score (nSPS) is 13.7. The summed E-state index contributed by atoms with van der Waals surface area (Å²) in [6, 6.07) is 10.8. The van der Waals surface area contributed by atoms with Crippen molar-refractivity contribution in [1.29, 1.82) is 0 Å². The lowest BCUT2D eigenvalue weighted by molar-refractivity contribution is 0.111. The van der Waals surface area contributed by atoms with Crippen molar-refractivity contribution < 1.29 is 28.6 Å². The van der Waals surface area contributed by atoms with Crippen molar-refractivity contribution in [3.8, 4) is 17.2 Å². The van der Waals surface area contributed by atoms with E-state index in [1.54, 1.807) is 12.1 Å². The second-order valence-corrected chi connectivity index (χ2v) is 7.60. The molecule has 0 spiro atoms. The van der Waals surface area contributed by atoms with Crippen LogP contribution < -0.4 is 24.6 Å². The minimum atomic E-state index is 0.409. The zero-order valence-corrected chi connectivity index (χ0v) is 18.5. The summed E-state index contributed by atoms with van der Waals surface area (Å²) in [7, 11) is 4.55. The Morgan fingerprint density at radius 2 is 1.27 bits per heavy atom.